The number of amides is 1. The topological polar surface area (TPSA) is 80.6 Å². The summed E-state index contributed by atoms with van der Waals surface area (Å²) in [6.45, 7) is 8.73. The van der Waals surface area contributed by atoms with Gasteiger partial charge >= 0.3 is 5.97 Å². The van der Waals surface area contributed by atoms with Gasteiger partial charge < -0.3 is 19.1 Å². The van der Waals surface area contributed by atoms with Crippen molar-refractivity contribution in [2.75, 3.05) is 37.7 Å². The van der Waals surface area contributed by atoms with Gasteiger partial charge in [-0.1, -0.05) is 0 Å². The largest absolute Gasteiger partial charge is 0.462 e. The third-order valence-corrected chi connectivity index (χ3v) is 4.83. The van der Waals surface area contributed by atoms with E-state index in [1.807, 2.05) is 23.3 Å². The average Bonchev–Trinajstić information content (AvgIpc) is 2.97. The van der Waals surface area contributed by atoms with E-state index in [9.17, 15) is 9.59 Å². The van der Waals surface area contributed by atoms with Crippen LogP contribution in [0.1, 0.15) is 28.7 Å². The molecule has 27 heavy (non-hydrogen) atoms. The summed E-state index contributed by atoms with van der Waals surface area (Å²) in [5.41, 5.74) is 2.16. The highest BCUT2D eigenvalue weighted by Crippen LogP contribution is 2.17. The summed E-state index contributed by atoms with van der Waals surface area (Å²) < 4.78 is 6.96. The lowest BCUT2D eigenvalue weighted by Crippen LogP contribution is -2.50. The Labute approximate surface area is 158 Å². The van der Waals surface area contributed by atoms with E-state index in [0.29, 0.717) is 44.3 Å². The summed E-state index contributed by atoms with van der Waals surface area (Å²) >= 11 is 0. The number of carbonyl (C=O) groups excluding carboxylic acids is 2. The first-order chi connectivity index (χ1) is 13.0. The number of nitrogens with zero attached hydrogens (tertiary/aromatic N) is 5. The van der Waals surface area contributed by atoms with Crippen LogP contribution in [0.2, 0.25) is 0 Å². The molecule has 3 rings (SSSR count). The van der Waals surface area contributed by atoms with Gasteiger partial charge in [-0.3, -0.25) is 4.79 Å². The maximum atomic E-state index is 12.8. The third kappa shape index (κ3) is 4.10. The average molecular weight is 371 g/mol. The molecule has 8 heteroatoms. The Morgan fingerprint density at radius 2 is 1.78 bits per heavy atom. The highest BCUT2D eigenvalue weighted by atomic mass is 16.5. The van der Waals surface area contributed by atoms with Gasteiger partial charge in [-0.25, -0.2) is 14.8 Å². The van der Waals surface area contributed by atoms with Crippen LogP contribution in [-0.4, -0.2) is 64.1 Å². The number of hydrogen-bond donors (Lipinski definition) is 0. The molecule has 144 valence electrons. The van der Waals surface area contributed by atoms with Crippen molar-refractivity contribution in [2.45, 2.75) is 27.3 Å². The number of anilines is 1. The number of aryl methyl sites for hydroxylation is 1. The molecular weight excluding hydrogens is 346 g/mol. The van der Waals surface area contributed by atoms with E-state index in [0.717, 1.165) is 11.4 Å². The van der Waals surface area contributed by atoms with Crippen molar-refractivity contribution < 1.29 is 14.3 Å². The van der Waals surface area contributed by atoms with Crippen LogP contribution in [0.3, 0.4) is 0 Å². The van der Waals surface area contributed by atoms with E-state index in [2.05, 4.69) is 14.9 Å². The van der Waals surface area contributed by atoms with Crippen LogP contribution in [0.25, 0.3) is 0 Å². The third-order valence-electron chi connectivity index (χ3n) is 4.83. The van der Waals surface area contributed by atoms with E-state index in [1.54, 1.807) is 31.5 Å². The second-order valence-electron chi connectivity index (χ2n) is 6.51. The van der Waals surface area contributed by atoms with Crippen molar-refractivity contribution in [2.24, 2.45) is 0 Å². The molecule has 2 aromatic heterocycles. The molecule has 0 saturated carbocycles. The number of piperazine rings is 1. The van der Waals surface area contributed by atoms with Crippen molar-refractivity contribution in [3.8, 4) is 0 Å². The Morgan fingerprint density at radius 3 is 2.41 bits per heavy atom. The van der Waals surface area contributed by atoms with E-state index in [1.165, 1.54) is 0 Å². The minimum atomic E-state index is -0.347. The summed E-state index contributed by atoms with van der Waals surface area (Å²) in [5, 5.41) is 0. The summed E-state index contributed by atoms with van der Waals surface area (Å²) in [4.78, 5) is 37.3. The molecule has 0 bridgehead atoms. The fourth-order valence-electron chi connectivity index (χ4n) is 3.31. The Balaban J connectivity index is 1.62. The molecule has 8 nitrogen and oxygen atoms in total. The maximum Gasteiger partial charge on any atom is 0.339 e. The van der Waals surface area contributed by atoms with E-state index in [4.69, 9.17) is 4.74 Å². The van der Waals surface area contributed by atoms with Gasteiger partial charge in [0.2, 0.25) is 11.9 Å². The maximum absolute atomic E-state index is 12.8. The first kappa shape index (κ1) is 18.9. The molecule has 2 aromatic rings. The second kappa shape index (κ2) is 8.20. The Hall–Kier alpha value is -2.90. The van der Waals surface area contributed by atoms with Crippen LogP contribution < -0.4 is 4.90 Å². The Morgan fingerprint density at radius 1 is 1.11 bits per heavy atom. The minimum Gasteiger partial charge on any atom is -0.462 e. The van der Waals surface area contributed by atoms with Gasteiger partial charge in [-0.2, -0.15) is 0 Å². The van der Waals surface area contributed by atoms with E-state index in [-0.39, 0.29) is 18.4 Å². The highest BCUT2D eigenvalue weighted by Gasteiger charge is 2.24. The van der Waals surface area contributed by atoms with Crippen LogP contribution in [0.15, 0.2) is 24.5 Å². The molecule has 0 N–H and O–H groups in total. The fraction of sp³-hybridized carbons (Fsp3) is 0.474. The van der Waals surface area contributed by atoms with Crippen LogP contribution in [-0.2, 0) is 16.1 Å². The van der Waals surface area contributed by atoms with Crippen molar-refractivity contribution in [1.82, 2.24) is 19.4 Å². The first-order valence-electron chi connectivity index (χ1n) is 9.14. The summed E-state index contributed by atoms with van der Waals surface area (Å²) in [6.07, 6.45) is 3.44. The summed E-state index contributed by atoms with van der Waals surface area (Å²) in [5.74, 6) is 0.391. The number of carbonyl (C=O) groups is 2. The van der Waals surface area contributed by atoms with Crippen molar-refractivity contribution >= 4 is 17.8 Å². The summed E-state index contributed by atoms with van der Waals surface area (Å²) in [6, 6.07) is 3.57. The van der Waals surface area contributed by atoms with Gasteiger partial charge in [0.25, 0.3) is 0 Å². The lowest BCUT2D eigenvalue weighted by molar-refractivity contribution is -0.132. The molecule has 1 aliphatic heterocycles. The molecule has 0 aliphatic carbocycles. The van der Waals surface area contributed by atoms with Gasteiger partial charge in [0.15, 0.2) is 0 Å². The zero-order chi connectivity index (χ0) is 19.4. The van der Waals surface area contributed by atoms with E-state index >= 15 is 0 Å². The molecule has 0 atom stereocenters. The van der Waals surface area contributed by atoms with Gasteiger partial charge in [-0.05, 0) is 32.9 Å². The molecule has 1 aliphatic rings. The molecule has 0 unspecified atom stereocenters. The fourth-order valence-corrected chi connectivity index (χ4v) is 3.31. The number of aromatic nitrogens is 3. The lowest BCUT2D eigenvalue weighted by Gasteiger charge is -2.34. The van der Waals surface area contributed by atoms with E-state index < -0.39 is 0 Å². The van der Waals surface area contributed by atoms with Gasteiger partial charge in [-0.15, -0.1) is 0 Å². The highest BCUT2D eigenvalue weighted by molar-refractivity contribution is 5.91. The van der Waals surface area contributed by atoms with Crippen LogP contribution in [0, 0.1) is 13.8 Å². The monoisotopic (exact) mass is 371 g/mol. The number of hydrogen-bond acceptors (Lipinski definition) is 6. The molecule has 1 amide bonds. The predicted molar refractivity (Wildman–Crippen MR) is 101 cm³/mol. The normalized spacial score (nSPS) is 14.3. The van der Waals surface area contributed by atoms with Crippen molar-refractivity contribution in [3.63, 3.8) is 0 Å². The molecule has 1 saturated heterocycles. The number of ether oxygens (including phenoxy) is 1. The lowest BCUT2D eigenvalue weighted by atomic mass is 10.2. The minimum absolute atomic E-state index is 0.0424. The van der Waals surface area contributed by atoms with Crippen LogP contribution >= 0.6 is 0 Å². The second-order valence-corrected chi connectivity index (χ2v) is 6.51. The first-order valence-corrected chi connectivity index (χ1v) is 9.14. The molecule has 0 spiro atoms. The number of esters is 1. The molecule has 0 aromatic carbocycles. The number of rotatable bonds is 5. The van der Waals surface area contributed by atoms with Gasteiger partial charge in [0.1, 0.15) is 6.54 Å². The van der Waals surface area contributed by atoms with Gasteiger partial charge in [0, 0.05) is 50.0 Å². The van der Waals surface area contributed by atoms with Crippen LogP contribution in [0.4, 0.5) is 5.95 Å². The van der Waals surface area contributed by atoms with Crippen LogP contribution in [0.5, 0.6) is 0 Å². The Bertz CT molecular complexity index is 810. The smallest absolute Gasteiger partial charge is 0.339 e. The SMILES string of the molecule is CCOC(=O)c1cc(C)n(CC(=O)N2CCN(c3ncccn3)CC2)c1C. The zero-order valence-electron chi connectivity index (χ0n) is 16.0. The quantitative estimate of drug-likeness (QED) is 0.740. The molecular formula is C19H25N5O3. The van der Waals surface area contributed by atoms with Crippen molar-refractivity contribution in [1.29, 1.82) is 0 Å². The zero-order valence-corrected chi connectivity index (χ0v) is 16.0. The summed E-state index contributed by atoms with van der Waals surface area (Å²) in [7, 11) is 0. The molecule has 1 fully saturated rings. The molecule has 0 radical (unpaired) electrons. The van der Waals surface area contributed by atoms with Crippen molar-refractivity contribution in [3.05, 3.63) is 41.5 Å². The predicted octanol–water partition coefficient (Wildman–Crippen LogP) is 1.42. The standard InChI is InChI=1S/C19H25N5O3/c1-4-27-18(26)16-12-14(2)24(15(16)3)13-17(25)22-8-10-23(11-9-22)19-20-6-5-7-21-19/h5-7,12H,4,8-11,13H2,1-3H3. The van der Waals surface area contributed by atoms with Gasteiger partial charge in [0.05, 0.1) is 12.2 Å². The molecule has 3 heterocycles. The Kier molecular flexibility index (Phi) is 5.73.